The molecule has 0 atom stereocenters. The highest BCUT2D eigenvalue weighted by Crippen LogP contribution is 1.93. The first-order chi connectivity index (χ1) is 5.20. The van der Waals surface area contributed by atoms with Crippen molar-refractivity contribution in [2.75, 3.05) is 13.2 Å². The summed E-state index contributed by atoms with van der Waals surface area (Å²) in [6.07, 6.45) is 0. The predicted octanol–water partition coefficient (Wildman–Crippen LogP) is -0.523. The van der Waals surface area contributed by atoms with Gasteiger partial charge in [0, 0.05) is 13.5 Å². The molecule has 0 amide bonds. The third-order valence-corrected chi connectivity index (χ3v) is 0.818. The van der Waals surface area contributed by atoms with Crippen LogP contribution in [0.25, 0.3) is 0 Å². The normalized spacial score (nSPS) is 7.83. The quantitative estimate of drug-likeness (QED) is 0.327. The van der Waals surface area contributed by atoms with Crippen molar-refractivity contribution in [1.29, 1.82) is 0 Å². The van der Waals surface area contributed by atoms with Crippen LogP contribution in [-0.2, 0) is 19.1 Å². The van der Waals surface area contributed by atoms with Crippen molar-refractivity contribution in [1.82, 2.24) is 0 Å². The van der Waals surface area contributed by atoms with Crippen LogP contribution in [0.2, 0.25) is 0 Å². The number of hydrogen-bond donors (Lipinski definition) is 0. The topological polar surface area (TPSA) is 84.1 Å². The minimum Gasteiger partial charge on any atom is -0.417 e. The molecule has 0 unspecified atom stereocenters. The predicted molar refractivity (Wildman–Crippen MR) is 41.1 cm³/mol. The smallest absolute Gasteiger partial charge is 0.308 e. The van der Waals surface area contributed by atoms with Crippen molar-refractivity contribution in [3.63, 3.8) is 0 Å². The maximum Gasteiger partial charge on any atom is 0.308 e. The minimum absolute atomic E-state index is 0. The second kappa shape index (κ2) is 7.94. The van der Waals surface area contributed by atoms with E-state index in [1.54, 1.807) is 6.92 Å². The Morgan fingerprint density at radius 2 is 2.08 bits per heavy atom. The van der Waals surface area contributed by atoms with Crippen molar-refractivity contribution < 1.29 is 24.5 Å². The molecule has 0 fully saturated rings. The van der Waals surface area contributed by atoms with E-state index in [1.807, 2.05) is 0 Å². The van der Waals surface area contributed by atoms with E-state index < -0.39 is 5.97 Å². The Labute approximate surface area is 70.3 Å². The Hall–Kier alpha value is -1.16. The van der Waals surface area contributed by atoms with Gasteiger partial charge >= 0.3 is 5.97 Å². The third-order valence-electron chi connectivity index (χ3n) is 0.818. The van der Waals surface area contributed by atoms with Gasteiger partial charge in [0.2, 0.25) is 5.76 Å². The molecule has 0 aliphatic heterocycles. The number of carbonyl (C=O) groups excluding carboxylic acids is 2. The number of rotatable bonds is 4. The van der Waals surface area contributed by atoms with Crippen molar-refractivity contribution >= 4 is 11.9 Å². The molecule has 0 rings (SSSR count). The summed E-state index contributed by atoms with van der Waals surface area (Å²) in [5.74, 6) is 0.816. The van der Waals surface area contributed by atoms with Crippen molar-refractivity contribution in [3.05, 3.63) is 5.76 Å². The van der Waals surface area contributed by atoms with Gasteiger partial charge in [-0.1, -0.05) is 0 Å². The molecule has 0 aliphatic rings. The third kappa shape index (κ3) is 6.95. The Bertz CT molecular complexity index is 180. The fourth-order valence-electron chi connectivity index (χ4n) is 0.448. The highest BCUT2D eigenvalue weighted by molar-refractivity contribution is 5.69. The largest absolute Gasteiger partial charge is 0.417 e. The van der Waals surface area contributed by atoms with E-state index in [0.717, 1.165) is 0 Å². The lowest BCUT2D eigenvalue weighted by molar-refractivity contribution is -0.137. The van der Waals surface area contributed by atoms with E-state index in [1.165, 1.54) is 12.9 Å². The van der Waals surface area contributed by atoms with E-state index >= 15 is 0 Å². The molecule has 0 heterocycles. The zero-order valence-electron chi connectivity index (χ0n) is 7.05. The second-order valence-corrected chi connectivity index (χ2v) is 1.76. The lowest BCUT2D eigenvalue weighted by atomic mass is 10.6. The van der Waals surface area contributed by atoms with Crippen LogP contribution in [0.4, 0.5) is 0 Å². The molecule has 0 aromatic heterocycles. The van der Waals surface area contributed by atoms with Gasteiger partial charge < -0.3 is 14.9 Å². The van der Waals surface area contributed by atoms with Crippen LogP contribution in [0, 0.1) is 0 Å². The zero-order chi connectivity index (χ0) is 8.69. The molecule has 5 heteroatoms. The Morgan fingerprint density at radius 1 is 1.50 bits per heavy atom. The van der Waals surface area contributed by atoms with E-state index in [0.29, 0.717) is 6.61 Å². The summed E-state index contributed by atoms with van der Waals surface area (Å²) in [7, 11) is 0. The molecule has 5 nitrogen and oxygen atoms in total. The van der Waals surface area contributed by atoms with Gasteiger partial charge in [0.15, 0.2) is 5.94 Å². The van der Waals surface area contributed by atoms with Crippen molar-refractivity contribution in [2.24, 2.45) is 0 Å². The summed E-state index contributed by atoms with van der Waals surface area (Å²) in [6, 6.07) is 0. The summed E-state index contributed by atoms with van der Waals surface area (Å²) in [4.78, 5) is 20.3. The average Bonchev–Trinajstić information content (AvgIpc) is 1.97. The van der Waals surface area contributed by atoms with E-state index in [-0.39, 0.29) is 17.8 Å². The molecule has 0 spiro atoms. The number of ether oxygens (including phenoxy) is 2. The van der Waals surface area contributed by atoms with E-state index in [2.05, 4.69) is 4.74 Å². The maximum atomic E-state index is 10.3. The lowest BCUT2D eigenvalue weighted by Crippen LogP contribution is -2.06. The first-order valence-electron chi connectivity index (χ1n) is 3.20. The molecular formula is C7H12O5. The van der Waals surface area contributed by atoms with Gasteiger partial charge in [-0.2, -0.15) is 0 Å². The van der Waals surface area contributed by atoms with Gasteiger partial charge in [-0.15, -0.1) is 0 Å². The van der Waals surface area contributed by atoms with Crippen LogP contribution in [0.5, 0.6) is 0 Å². The maximum absolute atomic E-state index is 10.3. The van der Waals surface area contributed by atoms with Crippen molar-refractivity contribution in [2.45, 2.75) is 13.8 Å². The molecule has 0 bridgehead atoms. The van der Waals surface area contributed by atoms with Crippen LogP contribution in [0.1, 0.15) is 13.8 Å². The molecule has 0 radical (unpaired) electrons. The monoisotopic (exact) mass is 176 g/mol. The Balaban J connectivity index is 0. The average molecular weight is 176 g/mol. The zero-order valence-corrected chi connectivity index (χ0v) is 7.05. The van der Waals surface area contributed by atoms with Crippen LogP contribution in [-0.4, -0.2) is 30.6 Å². The van der Waals surface area contributed by atoms with Gasteiger partial charge in [0.1, 0.15) is 6.61 Å². The first kappa shape index (κ1) is 13.4. The summed E-state index contributed by atoms with van der Waals surface area (Å²) in [5, 5.41) is 0. The molecule has 0 aromatic carbocycles. The van der Waals surface area contributed by atoms with Crippen molar-refractivity contribution in [3.8, 4) is 0 Å². The van der Waals surface area contributed by atoms with E-state index in [4.69, 9.17) is 4.74 Å². The Kier molecular flexibility index (Phi) is 8.89. The molecule has 0 saturated heterocycles. The standard InChI is InChI=1S/C7H10O4.H2O/c1-3-10-5-7(4-8)11-6(2)9;/h3,5H2,1-2H3;1H2. The molecule has 70 valence electrons. The highest BCUT2D eigenvalue weighted by Gasteiger charge is 2.01. The van der Waals surface area contributed by atoms with Gasteiger partial charge in [-0.3, -0.25) is 4.79 Å². The molecule has 0 aromatic rings. The summed E-state index contributed by atoms with van der Waals surface area (Å²) < 4.78 is 9.24. The second-order valence-electron chi connectivity index (χ2n) is 1.76. The summed E-state index contributed by atoms with van der Waals surface area (Å²) >= 11 is 0. The number of esters is 1. The number of hydrogen-bond acceptors (Lipinski definition) is 4. The van der Waals surface area contributed by atoms with Gasteiger partial charge in [0.25, 0.3) is 0 Å². The Morgan fingerprint density at radius 3 is 2.42 bits per heavy atom. The number of carbonyl (C=O) groups is 1. The van der Waals surface area contributed by atoms with E-state index in [9.17, 15) is 9.59 Å². The van der Waals surface area contributed by atoms with Gasteiger partial charge in [0.05, 0.1) is 0 Å². The lowest BCUT2D eigenvalue weighted by Gasteiger charge is -2.01. The van der Waals surface area contributed by atoms with Crippen LogP contribution in [0.15, 0.2) is 5.76 Å². The minimum atomic E-state index is -0.539. The highest BCUT2D eigenvalue weighted by atomic mass is 16.6. The summed E-state index contributed by atoms with van der Waals surface area (Å²) in [6.45, 7) is 3.45. The summed E-state index contributed by atoms with van der Waals surface area (Å²) in [5.41, 5.74) is 0. The molecule has 0 aliphatic carbocycles. The van der Waals surface area contributed by atoms with Gasteiger partial charge in [-0.05, 0) is 6.92 Å². The van der Waals surface area contributed by atoms with Gasteiger partial charge in [-0.25, -0.2) is 4.79 Å². The SMILES string of the molecule is CCOCC(=C=O)OC(C)=O.O. The van der Waals surface area contributed by atoms with Crippen LogP contribution >= 0.6 is 0 Å². The van der Waals surface area contributed by atoms with Crippen LogP contribution in [0.3, 0.4) is 0 Å². The molecule has 12 heavy (non-hydrogen) atoms. The fourth-order valence-corrected chi connectivity index (χ4v) is 0.448. The van der Waals surface area contributed by atoms with Crippen LogP contribution < -0.4 is 0 Å². The first-order valence-corrected chi connectivity index (χ1v) is 3.20. The molecule has 2 N–H and O–H groups in total. The molecule has 0 saturated carbocycles. The molecular weight excluding hydrogens is 164 g/mol. The fraction of sp³-hybridized carbons (Fsp3) is 0.571.